The first kappa shape index (κ1) is 19.0. The molecule has 2 atom stereocenters. The molecule has 2 heterocycles. The van der Waals surface area contributed by atoms with Gasteiger partial charge in [-0.2, -0.15) is 0 Å². The van der Waals surface area contributed by atoms with Gasteiger partial charge in [-0.15, -0.1) is 0 Å². The van der Waals surface area contributed by atoms with Crippen molar-refractivity contribution in [1.29, 1.82) is 0 Å². The highest BCUT2D eigenvalue weighted by molar-refractivity contribution is 5.16. The van der Waals surface area contributed by atoms with E-state index in [1.807, 2.05) is 13.8 Å². The summed E-state index contributed by atoms with van der Waals surface area (Å²) in [5.74, 6) is 0. The van der Waals surface area contributed by atoms with Gasteiger partial charge in [0.15, 0.2) is 6.23 Å². The predicted octanol–water partition coefficient (Wildman–Crippen LogP) is 2.25. The number of nitrogens with zero attached hydrogens (tertiary/aromatic N) is 5. The van der Waals surface area contributed by atoms with Gasteiger partial charge in [-0.3, -0.25) is 13.9 Å². The molecule has 0 bridgehead atoms. The molecule has 1 aliphatic rings. The smallest absolute Gasteiger partial charge is 0.333 e. The van der Waals surface area contributed by atoms with Crippen molar-refractivity contribution in [3.63, 3.8) is 0 Å². The van der Waals surface area contributed by atoms with Crippen LogP contribution < -0.4 is 11.2 Å². The maximum Gasteiger partial charge on any atom is 0.333 e. The summed E-state index contributed by atoms with van der Waals surface area (Å²) in [4.78, 5) is 27.6. The number of hydrogen-bond acceptors (Lipinski definition) is 5. The molecule has 0 saturated heterocycles. The summed E-state index contributed by atoms with van der Waals surface area (Å²) in [6.07, 6.45) is 3.29. The van der Waals surface area contributed by atoms with Crippen molar-refractivity contribution in [2.24, 2.45) is 5.11 Å². The Kier molecular flexibility index (Phi) is 6.58. The first-order valence-corrected chi connectivity index (χ1v) is 8.36. The lowest BCUT2D eigenvalue weighted by Crippen LogP contribution is -2.42. The van der Waals surface area contributed by atoms with Crippen LogP contribution in [0.1, 0.15) is 38.5 Å². The summed E-state index contributed by atoms with van der Waals surface area (Å²) in [6, 6.07) is 0. The van der Waals surface area contributed by atoms with E-state index in [1.165, 1.54) is 15.3 Å². The summed E-state index contributed by atoms with van der Waals surface area (Å²) in [6.45, 7) is 6.67. The second-order valence-electron chi connectivity index (χ2n) is 5.83. The largest absolute Gasteiger partial charge is 0.378 e. The Hall–Kier alpha value is -2.35. The second kappa shape index (κ2) is 8.66. The molecule has 0 fully saturated rings. The Morgan fingerprint density at radius 2 is 2.12 bits per heavy atom. The minimum atomic E-state index is -0.745. The zero-order valence-electron chi connectivity index (χ0n) is 14.7. The number of azide groups is 1. The standard InChI is InChI=1S/C16H23N5O4/c1-4-6-20-15(22)11(3)9-21(16(20)23)14-8-12(18-19-17)13(25-14)10-24-7-5-2/h8-9,13-14H,4-7,10H2,1-3H3/t13-,14-/m1/s1. The normalized spacial score (nSPS) is 19.6. The molecule has 1 aromatic rings. The molecule has 136 valence electrons. The maximum atomic E-state index is 12.6. The number of aromatic nitrogens is 2. The Bertz CT molecular complexity index is 804. The van der Waals surface area contributed by atoms with Crippen LogP contribution in [0.5, 0.6) is 0 Å². The van der Waals surface area contributed by atoms with Gasteiger partial charge in [0.25, 0.3) is 5.56 Å². The molecular formula is C16H23N5O4. The Morgan fingerprint density at radius 1 is 1.36 bits per heavy atom. The van der Waals surface area contributed by atoms with E-state index >= 15 is 0 Å². The van der Waals surface area contributed by atoms with E-state index < -0.39 is 18.0 Å². The van der Waals surface area contributed by atoms with Crippen molar-refractivity contribution in [2.45, 2.75) is 52.5 Å². The van der Waals surface area contributed by atoms with Crippen molar-refractivity contribution < 1.29 is 9.47 Å². The average Bonchev–Trinajstić information content (AvgIpc) is 2.98. The van der Waals surface area contributed by atoms with E-state index in [1.54, 1.807) is 13.0 Å². The zero-order valence-corrected chi connectivity index (χ0v) is 14.7. The van der Waals surface area contributed by atoms with Gasteiger partial charge in [0.2, 0.25) is 0 Å². The Balaban J connectivity index is 2.37. The van der Waals surface area contributed by atoms with Crippen molar-refractivity contribution >= 4 is 0 Å². The summed E-state index contributed by atoms with van der Waals surface area (Å²) in [5, 5.41) is 3.64. The third-order valence-electron chi connectivity index (χ3n) is 3.81. The molecule has 0 aliphatic carbocycles. The van der Waals surface area contributed by atoms with Crippen LogP contribution in [0.3, 0.4) is 0 Å². The van der Waals surface area contributed by atoms with E-state index in [0.717, 1.165) is 6.42 Å². The molecule has 1 aliphatic heterocycles. The topological polar surface area (TPSA) is 111 Å². The van der Waals surface area contributed by atoms with Crippen molar-refractivity contribution in [2.75, 3.05) is 13.2 Å². The van der Waals surface area contributed by atoms with Crippen molar-refractivity contribution in [1.82, 2.24) is 9.13 Å². The minimum Gasteiger partial charge on any atom is -0.378 e. The van der Waals surface area contributed by atoms with Gasteiger partial charge in [-0.25, -0.2) is 4.79 Å². The molecule has 25 heavy (non-hydrogen) atoms. The third kappa shape index (κ3) is 4.19. The SMILES string of the molecule is CCCOC[C@H]1O[C@@H](n2cc(C)c(=O)n(CCC)c2=O)C=C1N=[N+]=[N-]. The average molecular weight is 349 g/mol. The monoisotopic (exact) mass is 349 g/mol. The van der Waals surface area contributed by atoms with Gasteiger partial charge in [0.05, 0.1) is 6.61 Å². The third-order valence-corrected chi connectivity index (χ3v) is 3.81. The zero-order chi connectivity index (χ0) is 18.4. The Labute approximate surface area is 145 Å². The van der Waals surface area contributed by atoms with Crippen LogP contribution in [-0.2, 0) is 16.0 Å². The van der Waals surface area contributed by atoms with Crippen LogP contribution in [0, 0.1) is 6.92 Å². The highest BCUT2D eigenvalue weighted by Crippen LogP contribution is 2.27. The first-order valence-electron chi connectivity index (χ1n) is 8.36. The highest BCUT2D eigenvalue weighted by Gasteiger charge is 2.29. The molecular weight excluding hydrogens is 326 g/mol. The van der Waals surface area contributed by atoms with Crippen LogP contribution in [-0.4, -0.2) is 28.5 Å². The molecule has 2 rings (SSSR count). The summed E-state index contributed by atoms with van der Waals surface area (Å²) < 4.78 is 13.8. The molecule has 0 aromatic carbocycles. The van der Waals surface area contributed by atoms with Gasteiger partial charge in [0.1, 0.15) is 6.10 Å². The fourth-order valence-corrected chi connectivity index (χ4v) is 2.65. The summed E-state index contributed by atoms with van der Waals surface area (Å²) in [7, 11) is 0. The second-order valence-corrected chi connectivity index (χ2v) is 5.83. The van der Waals surface area contributed by atoms with E-state index in [-0.39, 0.29) is 12.2 Å². The van der Waals surface area contributed by atoms with Crippen molar-refractivity contribution in [3.05, 3.63) is 54.8 Å². The Morgan fingerprint density at radius 3 is 2.76 bits per heavy atom. The van der Waals surface area contributed by atoms with Crippen LogP contribution in [0.25, 0.3) is 10.4 Å². The highest BCUT2D eigenvalue weighted by atomic mass is 16.5. The molecule has 0 N–H and O–H groups in total. The lowest BCUT2D eigenvalue weighted by molar-refractivity contribution is -0.0346. The van der Waals surface area contributed by atoms with Crippen molar-refractivity contribution in [3.8, 4) is 0 Å². The van der Waals surface area contributed by atoms with Gasteiger partial charge in [-0.05, 0) is 31.4 Å². The predicted molar refractivity (Wildman–Crippen MR) is 92.2 cm³/mol. The quantitative estimate of drug-likeness (QED) is 0.310. The molecule has 0 saturated carbocycles. The molecule has 0 spiro atoms. The van der Waals surface area contributed by atoms with Crippen LogP contribution >= 0.6 is 0 Å². The van der Waals surface area contributed by atoms with Gasteiger partial charge < -0.3 is 9.47 Å². The lowest BCUT2D eigenvalue weighted by atomic mass is 10.3. The molecule has 1 aromatic heterocycles. The van der Waals surface area contributed by atoms with E-state index in [0.29, 0.717) is 30.8 Å². The maximum absolute atomic E-state index is 12.6. The fourth-order valence-electron chi connectivity index (χ4n) is 2.65. The lowest BCUT2D eigenvalue weighted by Gasteiger charge is -2.18. The number of aryl methyl sites for hydroxylation is 1. The number of rotatable bonds is 8. The molecule has 0 amide bonds. The molecule has 0 radical (unpaired) electrons. The summed E-state index contributed by atoms with van der Waals surface area (Å²) >= 11 is 0. The van der Waals surface area contributed by atoms with E-state index in [4.69, 9.17) is 15.0 Å². The number of hydrogen-bond donors (Lipinski definition) is 0. The van der Waals surface area contributed by atoms with Gasteiger partial charge in [0, 0.05) is 35.5 Å². The van der Waals surface area contributed by atoms with E-state index in [9.17, 15) is 9.59 Å². The molecule has 9 nitrogen and oxygen atoms in total. The van der Waals surface area contributed by atoms with Crippen LogP contribution in [0.15, 0.2) is 32.7 Å². The first-order chi connectivity index (χ1) is 12.0. The van der Waals surface area contributed by atoms with Gasteiger partial charge in [-0.1, -0.05) is 19.0 Å². The molecule has 9 heteroatoms. The minimum absolute atomic E-state index is 0.234. The van der Waals surface area contributed by atoms with Crippen LogP contribution in [0.4, 0.5) is 0 Å². The van der Waals surface area contributed by atoms with Gasteiger partial charge >= 0.3 is 5.69 Å². The summed E-state index contributed by atoms with van der Waals surface area (Å²) in [5.41, 5.74) is 8.80. The fraction of sp³-hybridized carbons (Fsp3) is 0.625. The number of ether oxygens (including phenoxy) is 2. The van der Waals surface area contributed by atoms with Crippen LogP contribution in [0.2, 0.25) is 0 Å². The molecule has 0 unspecified atom stereocenters. The van der Waals surface area contributed by atoms with E-state index in [2.05, 4.69) is 10.0 Å².